The van der Waals surface area contributed by atoms with Gasteiger partial charge in [-0.3, -0.25) is 0 Å². The SMILES string of the molecule is C1=CC(c2nc(-c3ccccc3)nc(-c3ccc(-c4ccc5cc(-c6ccc(-c7nc(-c8ccccc8)cc(-c8ccccc8)n7)cc6)ccc5c4)cc3)n2)=CCC1. The minimum absolute atomic E-state index is 0.666. The number of hydrogen-bond acceptors (Lipinski definition) is 5. The molecule has 0 saturated heterocycles. The van der Waals surface area contributed by atoms with E-state index in [4.69, 9.17) is 24.9 Å². The summed E-state index contributed by atoms with van der Waals surface area (Å²) in [5, 5.41) is 2.37. The Hall–Kier alpha value is -7.63. The minimum Gasteiger partial charge on any atom is -0.228 e. The Balaban J connectivity index is 0.911. The summed E-state index contributed by atoms with van der Waals surface area (Å²) in [5.74, 6) is 2.75. The highest BCUT2D eigenvalue weighted by molar-refractivity contribution is 5.91. The first-order chi connectivity index (χ1) is 28.7. The maximum Gasteiger partial charge on any atom is 0.164 e. The van der Waals surface area contributed by atoms with Crippen LogP contribution in [0.3, 0.4) is 0 Å². The van der Waals surface area contributed by atoms with Crippen molar-refractivity contribution in [3.63, 3.8) is 0 Å². The lowest BCUT2D eigenvalue weighted by molar-refractivity contribution is 1.01. The van der Waals surface area contributed by atoms with Crippen molar-refractivity contribution in [1.29, 1.82) is 0 Å². The zero-order valence-corrected chi connectivity index (χ0v) is 31.7. The van der Waals surface area contributed by atoms with Gasteiger partial charge in [0.1, 0.15) is 0 Å². The largest absolute Gasteiger partial charge is 0.228 e. The standard InChI is InChI=1S/C53H37N5/c1-5-13-38(14-6-1)48-35-49(39-15-7-2-8-16-39)55-50(54-48)42-25-21-36(22-26-42)44-29-31-47-34-45(30-32-46(47)33-44)37-23-27-43(28-24-37)53-57-51(40-17-9-3-10-18-40)56-52(58-53)41-19-11-4-12-20-41/h1-3,5-11,13-35H,4,12H2. The van der Waals surface area contributed by atoms with Crippen LogP contribution in [0, 0.1) is 0 Å². The monoisotopic (exact) mass is 743 g/mol. The van der Waals surface area contributed by atoms with E-state index < -0.39 is 0 Å². The summed E-state index contributed by atoms with van der Waals surface area (Å²) in [5.41, 5.74) is 12.4. The Bertz CT molecular complexity index is 2900. The smallest absolute Gasteiger partial charge is 0.164 e. The molecular formula is C53H37N5. The van der Waals surface area contributed by atoms with Crippen molar-refractivity contribution in [2.75, 3.05) is 0 Å². The lowest BCUT2D eigenvalue weighted by Crippen LogP contribution is -2.03. The van der Waals surface area contributed by atoms with Crippen molar-refractivity contribution in [1.82, 2.24) is 24.9 Å². The maximum atomic E-state index is 5.01. The van der Waals surface area contributed by atoms with Crippen LogP contribution in [0.15, 0.2) is 200 Å². The van der Waals surface area contributed by atoms with Gasteiger partial charge in [-0.2, -0.15) is 0 Å². The fourth-order valence-electron chi connectivity index (χ4n) is 7.45. The van der Waals surface area contributed by atoms with Gasteiger partial charge in [0.2, 0.25) is 0 Å². The van der Waals surface area contributed by atoms with Gasteiger partial charge in [-0.15, -0.1) is 0 Å². The molecule has 0 unspecified atom stereocenters. The van der Waals surface area contributed by atoms with Crippen LogP contribution in [0.5, 0.6) is 0 Å². The molecule has 10 rings (SSSR count). The third-order valence-electron chi connectivity index (χ3n) is 10.6. The summed E-state index contributed by atoms with van der Waals surface area (Å²) in [6.07, 6.45) is 8.53. The number of hydrogen-bond donors (Lipinski definition) is 0. The molecule has 0 radical (unpaired) electrons. The van der Waals surface area contributed by atoms with Crippen molar-refractivity contribution < 1.29 is 0 Å². The van der Waals surface area contributed by atoms with Crippen LogP contribution in [0.25, 0.3) is 95.3 Å². The van der Waals surface area contributed by atoms with E-state index in [0.717, 1.165) is 79.9 Å². The molecule has 0 spiro atoms. The first-order valence-electron chi connectivity index (χ1n) is 19.6. The van der Waals surface area contributed by atoms with E-state index in [1.165, 1.54) is 10.8 Å². The number of aromatic nitrogens is 5. The van der Waals surface area contributed by atoms with Crippen molar-refractivity contribution >= 4 is 16.3 Å². The van der Waals surface area contributed by atoms with Crippen LogP contribution < -0.4 is 0 Å². The van der Waals surface area contributed by atoms with Crippen molar-refractivity contribution in [3.8, 4) is 78.9 Å². The molecule has 2 heterocycles. The molecule has 0 saturated carbocycles. The second kappa shape index (κ2) is 15.5. The van der Waals surface area contributed by atoms with Gasteiger partial charge in [0.25, 0.3) is 0 Å². The summed E-state index contributed by atoms with van der Waals surface area (Å²) < 4.78 is 0. The Kier molecular flexibility index (Phi) is 9.30. The summed E-state index contributed by atoms with van der Waals surface area (Å²) in [6, 6.07) is 63.2. The average Bonchev–Trinajstić information content (AvgIpc) is 3.32. The number of benzene rings is 7. The van der Waals surface area contributed by atoms with Gasteiger partial charge in [0, 0.05) is 33.4 Å². The minimum atomic E-state index is 0.666. The molecule has 0 aliphatic heterocycles. The van der Waals surface area contributed by atoms with Crippen LogP contribution in [-0.2, 0) is 0 Å². The van der Waals surface area contributed by atoms with E-state index in [1.54, 1.807) is 0 Å². The molecule has 1 aliphatic carbocycles. The van der Waals surface area contributed by atoms with E-state index in [-0.39, 0.29) is 0 Å². The van der Waals surface area contributed by atoms with Gasteiger partial charge in [0.15, 0.2) is 23.3 Å². The van der Waals surface area contributed by atoms with E-state index in [0.29, 0.717) is 23.3 Å². The fourth-order valence-corrected chi connectivity index (χ4v) is 7.45. The second-order valence-corrected chi connectivity index (χ2v) is 14.4. The first kappa shape index (κ1) is 34.8. The number of rotatable bonds is 8. The molecule has 5 nitrogen and oxygen atoms in total. The average molecular weight is 744 g/mol. The first-order valence-corrected chi connectivity index (χ1v) is 19.6. The number of allylic oxidation sites excluding steroid dienone is 4. The fraction of sp³-hybridized carbons (Fsp3) is 0.0377. The van der Waals surface area contributed by atoms with E-state index in [2.05, 4.69) is 133 Å². The summed E-state index contributed by atoms with van der Waals surface area (Å²) in [4.78, 5) is 24.7. The molecule has 0 N–H and O–H groups in total. The molecule has 7 aromatic carbocycles. The van der Waals surface area contributed by atoms with Gasteiger partial charge < -0.3 is 0 Å². The van der Waals surface area contributed by atoms with Gasteiger partial charge in [-0.25, -0.2) is 24.9 Å². The molecule has 0 amide bonds. The molecule has 5 heteroatoms. The van der Waals surface area contributed by atoms with E-state index in [1.807, 2.05) is 66.7 Å². The Morgan fingerprint density at radius 1 is 0.293 bits per heavy atom. The maximum absolute atomic E-state index is 5.01. The van der Waals surface area contributed by atoms with Gasteiger partial charge in [-0.05, 0) is 64.1 Å². The predicted molar refractivity (Wildman–Crippen MR) is 237 cm³/mol. The van der Waals surface area contributed by atoms with Gasteiger partial charge in [0.05, 0.1) is 11.4 Å². The highest BCUT2D eigenvalue weighted by atomic mass is 15.0. The zero-order valence-electron chi connectivity index (χ0n) is 31.7. The van der Waals surface area contributed by atoms with Gasteiger partial charge >= 0.3 is 0 Å². The van der Waals surface area contributed by atoms with Crippen molar-refractivity contribution in [2.45, 2.75) is 12.8 Å². The molecule has 58 heavy (non-hydrogen) atoms. The number of fused-ring (bicyclic) bond motifs is 1. The molecular weight excluding hydrogens is 707 g/mol. The molecule has 0 bridgehead atoms. The molecule has 0 fully saturated rings. The topological polar surface area (TPSA) is 64.5 Å². The van der Waals surface area contributed by atoms with Crippen molar-refractivity contribution in [2.24, 2.45) is 0 Å². The molecule has 2 aromatic heterocycles. The Labute approximate surface area is 337 Å². The highest BCUT2D eigenvalue weighted by Gasteiger charge is 2.15. The molecule has 274 valence electrons. The van der Waals surface area contributed by atoms with Crippen LogP contribution in [0.4, 0.5) is 0 Å². The summed E-state index contributed by atoms with van der Waals surface area (Å²) in [6.45, 7) is 0. The quantitative estimate of drug-likeness (QED) is 0.155. The third-order valence-corrected chi connectivity index (χ3v) is 10.6. The van der Waals surface area contributed by atoms with Crippen LogP contribution >= 0.6 is 0 Å². The Morgan fingerprint density at radius 2 is 0.690 bits per heavy atom. The second-order valence-electron chi connectivity index (χ2n) is 14.4. The summed E-state index contributed by atoms with van der Waals surface area (Å²) in [7, 11) is 0. The van der Waals surface area contributed by atoms with Crippen LogP contribution in [0.1, 0.15) is 18.7 Å². The molecule has 9 aromatic rings. The Morgan fingerprint density at radius 3 is 1.16 bits per heavy atom. The predicted octanol–water partition coefficient (Wildman–Crippen LogP) is 13.2. The molecule has 0 atom stereocenters. The van der Waals surface area contributed by atoms with E-state index >= 15 is 0 Å². The lowest BCUT2D eigenvalue weighted by atomic mass is 9.97. The van der Waals surface area contributed by atoms with Gasteiger partial charge in [-0.1, -0.05) is 182 Å². The third kappa shape index (κ3) is 7.25. The lowest BCUT2D eigenvalue weighted by Gasteiger charge is -2.11. The van der Waals surface area contributed by atoms with E-state index in [9.17, 15) is 0 Å². The summed E-state index contributed by atoms with van der Waals surface area (Å²) >= 11 is 0. The normalized spacial score (nSPS) is 12.4. The highest BCUT2D eigenvalue weighted by Crippen LogP contribution is 2.33. The zero-order chi connectivity index (χ0) is 38.7. The number of nitrogens with zero attached hydrogens (tertiary/aromatic N) is 5. The van der Waals surface area contributed by atoms with Crippen LogP contribution in [-0.4, -0.2) is 24.9 Å². The van der Waals surface area contributed by atoms with Crippen molar-refractivity contribution in [3.05, 3.63) is 206 Å². The molecule has 1 aliphatic rings. The van der Waals surface area contributed by atoms with Crippen LogP contribution in [0.2, 0.25) is 0 Å².